The summed E-state index contributed by atoms with van der Waals surface area (Å²) < 4.78 is 11.4. The van der Waals surface area contributed by atoms with Crippen molar-refractivity contribution in [2.24, 2.45) is 5.92 Å². The van der Waals surface area contributed by atoms with Crippen LogP contribution in [0.4, 0.5) is 0 Å². The van der Waals surface area contributed by atoms with E-state index in [9.17, 15) is 9.90 Å². The van der Waals surface area contributed by atoms with Gasteiger partial charge >= 0.3 is 0 Å². The van der Waals surface area contributed by atoms with Crippen LogP contribution in [0.3, 0.4) is 0 Å². The molecule has 2 aliphatic rings. The first-order valence-electron chi connectivity index (χ1n) is 11.2. The summed E-state index contributed by atoms with van der Waals surface area (Å²) in [6.07, 6.45) is 4.35. The van der Waals surface area contributed by atoms with Gasteiger partial charge < -0.3 is 19.5 Å². The summed E-state index contributed by atoms with van der Waals surface area (Å²) in [5.41, 5.74) is 1.54. The van der Waals surface area contributed by atoms with Gasteiger partial charge in [-0.15, -0.1) is 0 Å². The fourth-order valence-corrected chi connectivity index (χ4v) is 4.60. The largest absolute Gasteiger partial charge is 0.504 e. The second-order valence-corrected chi connectivity index (χ2v) is 8.52. The predicted molar refractivity (Wildman–Crippen MR) is 120 cm³/mol. The van der Waals surface area contributed by atoms with Gasteiger partial charge in [0.05, 0.1) is 19.3 Å². The molecule has 0 radical (unpaired) electrons. The molecule has 31 heavy (non-hydrogen) atoms. The van der Waals surface area contributed by atoms with Gasteiger partial charge in [0.2, 0.25) is 0 Å². The van der Waals surface area contributed by atoms with Crippen molar-refractivity contribution in [3.63, 3.8) is 0 Å². The summed E-state index contributed by atoms with van der Waals surface area (Å²) >= 11 is 0. The van der Waals surface area contributed by atoms with Crippen molar-refractivity contribution in [2.45, 2.75) is 32.2 Å². The van der Waals surface area contributed by atoms with Gasteiger partial charge in [0, 0.05) is 37.7 Å². The highest BCUT2D eigenvalue weighted by atomic mass is 16.5. The van der Waals surface area contributed by atoms with Gasteiger partial charge in [-0.1, -0.05) is 24.3 Å². The second-order valence-electron chi connectivity index (χ2n) is 8.52. The van der Waals surface area contributed by atoms with Gasteiger partial charge in [0.15, 0.2) is 11.5 Å². The molecule has 0 saturated carbocycles. The normalized spacial score (nSPS) is 19.4. The number of aromatic hydroxyl groups is 1. The number of amides is 1. The third kappa shape index (κ3) is 5.13. The molecule has 166 valence electrons. The maximum atomic E-state index is 12.9. The maximum Gasteiger partial charge on any atom is 0.257 e. The molecule has 2 aromatic carbocycles. The fraction of sp³-hybridized carbons (Fsp3) is 0.480. The number of phenols is 1. The minimum absolute atomic E-state index is 0.0758. The Labute approximate surface area is 184 Å². The van der Waals surface area contributed by atoms with Crippen LogP contribution in [0.2, 0.25) is 0 Å². The maximum absolute atomic E-state index is 12.9. The van der Waals surface area contributed by atoms with Crippen LogP contribution in [0.1, 0.15) is 41.6 Å². The van der Waals surface area contributed by atoms with Gasteiger partial charge in [-0.2, -0.15) is 0 Å². The van der Waals surface area contributed by atoms with Crippen molar-refractivity contribution < 1.29 is 19.4 Å². The predicted octanol–water partition coefficient (Wildman–Crippen LogP) is 3.93. The van der Waals surface area contributed by atoms with E-state index in [-0.39, 0.29) is 11.7 Å². The smallest absolute Gasteiger partial charge is 0.257 e. The highest BCUT2D eigenvalue weighted by molar-refractivity contribution is 5.97. The fourth-order valence-electron chi connectivity index (χ4n) is 4.60. The van der Waals surface area contributed by atoms with Gasteiger partial charge in [-0.25, -0.2) is 0 Å². The Hall–Kier alpha value is -2.73. The molecular weight excluding hydrogens is 392 g/mol. The van der Waals surface area contributed by atoms with Crippen molar-refractivity contribution in [3.05, 3.63) is 53.6 Å². The first-order chi connectivity index (χ1) is 15.2. The molecule has 1 N–H and O–H groups in total. The van der Waals surface area contributed by atoms with E-state index < -0.39 is 0 Å². The van der Waals surface area contributed by atoms with Crippen molar-refractivity contribution in [1.29, 1.82) is 0 Å². The summed E-state index contributed by atoms with van der Waals surface area (Å²) in [6.45, 7) is 4.84. The zero-order chi connectivity index (χ0) is 21.6. The van der Waals surface area contributed by atoms with Crippen LogP contribution >= 0.6 is 0 Å². The molecule has 6 nitrogen and oxygen atoms in total. The number of nitrogens with zero attached hydrogens (tertiary/aromatic N) is 2. The Balaban J connectivity index is 1.36. The lowest BCUT2D eigenvalue weighted by Crippen LogP contribution is -2.37. The SMILES string of the molecule is COc1cccc(CN2CCCC(COc3ccccc3C(=O)N3CCCC3)C2)c1O. The number of phenolic OH excluding ortho intramolecular Hbond substituents is 1. The molecule has 2 aromatic rings. The molecule has 6 heteroatoms. The monoisotopic (exact) mass is 424 g/mol. The third-order valence-electron chi connectivity index (χ3n) is 6.28. The van der Waals surface area contributed by atoms with E-state index in [4.69, 9.17) is 9.47 Å². The summed E-state index contributed by atoms with van der Waals surface area (Å²) in [4.78, 5) is 17.1. The molecule has 0 spiro atoms. The topological polar surface area (TPSA) is 62.2 Å². The van der Waals surface area contributed by atoms with Gasteiger partial charge in [0.1, 0.15) is 5.75 Å². The van der Waals surface area contributed by atoms with Crippen molar-refractivity contribution in [1.82, 2.24) is 9.80 Å². The first kappa shape index (κ1) is 21.5. The number of carbonyl (C=O) groups excluding carboxylic acids is 1. The zero-order valence-electron chi connectivity index (χ0n) is 18.3. The number of likely N-dealkylation sites (tertiary alicyclic amines) is 2. The van der Waals surface area contributed by atoms with Crippen LogP contribution < -0.4 is 9.47 Å². The molecule has 2 saturated heterocycles. The van der Waals surface area contributed by atoms with Gasteiger partial charge in [-0.05, 0) is 50.4 Å². The minimum atomic E-state index is 0.0758. The molecular formula is C25H32N2O4. The summed E-state index contributed by atoms with van der Waals surface area (Å²) in [6, 6.07) is 13.2. The third-order valence-corrected chi connectivity index (χ3v) is 6.28. The van der Waals surface area contributed by atoms with E-state index >= 15 is 0 Å². The van der Waals surface area contributed by atoms with Crippen LogP contribution in [-0.4, -0.2) is 60.7 Å². The number of para-hydroxylation sites is 2. The highest BCUT2D eigenvalue weighted by Gasteiger charge is 2.25. The van der Waals surface area contributed by atoms with Crippen molar-refractivity contribution >= 4 is 5.91 Å². The standard InChI is InChI=1S/C25H32N2O4/c1-30-23-12-6-9-20(24(23)28)17-26-13-7-8-19(16-26)18-31-22-11-3-2-10-21(22)25(29)27-14-4-5-15-27/h2-3,6,9-12,19,28H,4-5,7-8,13-18H2,1H3. The molecule has 4 rings (SSSR count). The number of hydrogen-bond donors (Lipinski definition) is 1. The Morgan fingerprint density at radius 3 is 2.61 bits per heavy atom. The molecule has 1 amide bonds. The van der Waals surface area contributed by atoms with Crippen molar-refractivity contribution in [2.75, 3.05) is 39.9 Å². The van der Waals surface area contributed by atoms with Crippen molar-refractivity contribution in [3.8, 4) is 17.2 Å². The average Bonchev–Trinajstić information content (AvgIpc) is 3.34. The minimum Gasteiger partial charge on any atom is -0.504 e. The van der Waals surface area contributed by atoms with Gasteiger partial charge in [-0.3, -0.25) is 9.69 Å². The summed E-state index contributed by atoms with van der Waals surface area (Å²) in [7, 11) is 1.57. The number of benzene rings is 2. The molecule has 0 aliphatic carbocycles. The number of carbonyl (C=O) groups is 1. The van der Waals surface area contributed by atoms with Crippen LogP contribution in [0.15, 0.2) is 42.5 Å². The number of rotatable bonds is 7. The number of ether oxygens (including phenoxy) is 2. The van der Waals surface area contributed by atoms with Crippen LogP contribution in [-0.2, 0) is 6.54 Å². The van der Waals surface area contributed by atoms with Crippen LogP contribution in [0, 0.1) is 5.92 Å². The molecule has 1 unspecified atom stereocenters. The van der Waals surface area contributed by atoms with E-state index in [0.29, 0.717) is 36.1 Å². The quantitative estimate of drug-likeness (QED) is 0.730. The number of piperidine rings is 1. The zero-order valence-corrected chi connectivity index (χ0v) is 18.3. The summed E-state index contributed by atoms with van der Waals surface area (Å²) in [5.74, 6) is 1.87. The number of hydrogen-bond acceptors (Lipinski definition) is 5. The Morgan fingerprint density at radius 2 is 1.81 bits per heavy atom. The molecule has 2 aliphatic heterocycles. The lowest BCUT2D eigenvalue weighted by atomic mass is 9.98. The molecule has 1 atom stereocenters. The van der Waals surface area contributed by atoms with E-state index in [1.807, 2.05) is 41.3 Å². The van der Waals surface area contributed by atoms with E-state index in [1.54, 1.807) is 13.2 Å². The Morgan fingerprint density at radius 1 is 1.03 bits per heavy atom. The number of methoxy groups -OCH3 is 1. The lowest BCUT2D eigenvalue weighted by Gasteiger charge is -2.33. The van der Waals surface area contributed by atoms with Crippen LogP contribution in [0.25, 0.3) is 0 Å². The van der Waals surface area contributed by atoms with Crippen LogP contribution in [0.5, 0.6) is 17.2 Å². The molecule has 2 heterocycles. The lowest BCUT2D eigenvalue weighted by molar-refractivity contribution is 0.0784. The first-order valence-corrected chi connectivity index (χ1v) is 11.2. The van der Waals surface area contributed by atoms with Gasteiger partial charge in [0.25, 0.3) is 5.91 Å². The van der Waals surface area contributed by atoms with E-state index in [2.05, 4.69) is 4.90 Å². The second kappa shape index (κ2) is 10.1. The Kier molecular flexibility index (Phi) is 6.97. The highest BCUT2D eigenvalue weighted by Crippen LogP contribution is 2.31. The van der Waals surface area contributed by atoms with E-state index in [0.717, 1.165) is 57.4 Å². The average molecular weight is 425 g/mol. The molecule has 0 aromatic heterocycles. The molecule has 2 fully saturated rings. The molecule has 0 bridgehead atoms. The van der Waals surface area contributed by atoms with E-state index in [1.165, 1.54) is 0 Å². The Bertz CT molecular complexity index is 895. The summed E-state index contributed by atoms with van der Waals surface area (Å²) in [5, 5.41) is 10.4.